The molecule has 1 N–H and O–H groups in total. The highest BCUT2D eigenvalue weighted by molar-refractivity contribution is 4.92. The molecule has 0 aromatic rings. The van der Waals surface area contributed by atoms with Gasteiger partial charge < -0.3 is 5.32 Å². The van der Waals surface area contributed by atoms with E-state index >= 15 is 0 Å². The van der Waals surface area contributed by atoms with E-state index in [2.05, 4.69) is 24.1 Å². The fraction of sp³-hybridized carbons (Fsp3) is 1.00. The third-order valence-corrected chi connectivity index (χ3v) is 4.89. The Bertz CT molecular complexity index is 223. The molecular weight excluding hydrogens is 220 g/mol. The van der Waals surface area contributed by atoms with Crippen LogP contribution in [-0.4, -0.2) is 36.6 Å². The van der Waals surface area contributed by atoms with E-state index in [1.165, 1.54) is 71.0 Å². The van der Waals surface area contributed by atoms with Crippen molar-refractivity contribution in [3.63, 3.8) is 0 Å². The van der Waals surface area contributed by atoms with Crippen LogP contribution in [0.1, 0.15) is 65.2 Å². The van der Waals surface area contributed by atoms with Gasteiger partial charge in [0.25, 0.3) is 0 Å². The van der Waals surface area contributed by atoms with Crippen LogP contribution < -0.4 is 5.32 Å². The van der Waals surface area contributed by atoms with Crippen LogP contribution in [0.4, 0.5) is 0 Å². The maximum absolute atomic E-state index is 3.82. The van der Waals surface area contributed by atoms with Gasteiger partial charge in [-0.3, -0.25) is 4.90 Å². The second kappa shape index (κ2) is 7.49. The van der Waals surface area contributed by atoms with Crippen molar-refractivity contribution in [3.05, 3.63) is 0 Å². The molecular formula is C16H32N2. The number of nitrogens with one attached hydrogen (secondary N) is 1. The lowest BCUT2D eigenvalue weighted by molar-refractivity contribution is 0.114. The van der Waals surface area contributed by atoms with Gasteiger partial charge in [0, 0.05) is 12.1 Å². The molecule has 0 bridgehead atoms. The Morgan fingerprint density at radius 3 is 2.50 bits per heavy atom. The quantitative estimate of drug-likeness (QED) is 0.779. The average Bonchev–Trinajstić information content (AvgIpc) is 2.91. The molecule has 2 rings (SSSR count). The average molecular weight is 252 g/mol. The van der Waals surface area contributed by atoms with Gasteiger partial charge in [-0.2, -0.15) is 0 Å². The van der Waals surface area contributed by atoms with Crippen molar-refractivity contribution < 1.29 is 0 Å². The Hall–Kier alpha value is -0.0800. The van der Waals surface area contributed by atoms with E-state index in [4.69, 9.17) is 0 Å². The van der Waals surface area contributed by atoms with Gasteiger partial charge in [0.1, 0.15) is 0 Å². The van der Waals surface area contributed by atoms with E-state index < -0.39 is 0 Å². The Morgan fingerprint density at radius 2 is 1.83 bits per heavy atom. The van der Waals surface area contributed by atoms with Crippen LogP contribution in [0.3, 0.4) is 0 Å². The Labute approximate surface area is 114 Å². The minimum absolute atomic E-state index is 0.774. The van der Waals surface area contributed by atoms with Gasteiger partial charge in [-0.15, -0.1) is 0 Å². The first-order valence-corrected chi connectivity index (χ1v) is 8.32. The third kappa shape index (κ3) is 3.71. The monoisotopic (exact) mass is 252 g/mol. The number of likely N-dealkylation sites (tertiary alicyclic amines) is 1. The summed E-state index contributed by atoms with van der Waals surface area (Å²) >= 11 is 0. The zero-order chi connectivity index (χ0) is 12.8. The molecule has 1 aliphatic carbocycles. The van der Waals surface area contributed by atoms with E-state index in [0.717, 1.165) is 18.0 Å². The molecule has 1 heterocycles. The first-order valence-electron chi connectivity index (χ1n) is 8.32. The minimum atomic E-state index is 0.774. The van der Waals surface area contributed by atoms with E-state index in [1.807, 2.05) is 0 Å². The molecule has 2 aliphatic rings. The number of rotatable bonds is 6. The molecule has 3 atom stereocenters. The molecule has 2 heteroatoms. The smallest absolute Gasteiger partial charge is 0.0251 e. The van der Waals surface area contributed by atoms with E-state index in [0.29, 0.717) is 0 Å². The number of hydrogen-bond acceptors (Lipinski definition) is 2. The Morgan fingerprint density at radius 1 is 1.06 bits per heavy atom. The molecule has 0 aromatic carbocycles. The maximum Gasteiger partial charge on any atom is 0.0251 e. The van der Waals surface area contributed by atoms with Crippen molar-refractivity contribution in [2.24, 2.45) is 5.92 Å². The van der Waals surface area contributed by atoms with Crippen LogP contribution in [0.2, 0.25) is 0 Å². The lowest BCUT2D eigenvalue weighted by Crippen LogP contribution is -2.52. The fourth-order valence-electron chi connectivity index (χ4n) is 3.95. The van der Waals surface area contributed by atoms with E-state index in [9.17, 15) is 0 Å². The maximum atomic E-state index is 3.82. The van der Waals surface area contributed by atoms with Gasteiger partial charge in [0.05, 0.1) is 0 Å². The van der Waals surface area contributed by atoms with Crippen molar-refractivity contribution in [1.82, 2.24) is 10.2 Å². The molecule has 106 valence electrons. The van der Waals surface area contributed by atoms with Gasteiger partial charge >= 0.3 is 0 Å². The van der Waals surface area contributed by atoms with Crippen LogP contribution >= 0.6 is 0 Å². The fourth-order valence-corrected chi connectivity index (χ4v) is 3.95. The SMILES string of the molecule is CCCNC1CCC(CCC)CC1N1CCCC1. The standard InChI is InChI=1S/C16H32N2/c1-3-7-14-8-9-15(17-10-4-2)16(13-14)18-11-5-6-12-18/h14-17H,3-13H2,1-2H3. The summed E-state index contributed by atoms with van der Waals surface area (Å²) in [5, 5.41) is 3.82. The molecule has 2 nitrogen and oxygen atoms in total. The zero-order valence-corrected chi connectivity index (χ0v) is 12.5. The lowest BCUT2D eigenvalue weighted by atomic mass is 9.79. The summed E-state index contributed by atoms with van der Waals surface area (Å²) in [6.07, 6.45) is 11.3. The minimum Gasteiger partial charge on any atom is -0.312 e. The largest absolute Gasteiger partial charge is 0.312 e. The highest BCUT2D eigenvalue weighted by Crippen LogP contribution is 2.32. The highest BCUT2D eigenvalue weighted by Gasteiger charge is 2.34. The molecule has 3 unspecified atom stereocenters. The van der Waals surface area contributed by atoms with Gasteiger partial charge in [-0.1, -0.05) is 26.7 Å². The van der Waals surface area contributed by atoms with Crippen molar-refractivity contribution >= 4 is 0 Å². The molecule has 0 radical (unpaired) electrons. The molecule has 0 spiro atoms. The molecule has 1 saturated carbocycles. The van der Waals surface area contributed by atoms with Crippen molar-refractivity contribution in [1.29, 1.82) is 0 Å². The van der Waals surface area contributed by atoms with Crippen molar-refractivity contribution in [2.45, 2.75) is 77.3 Å². The first kappa shape index (κ1) is 14.3. The zero-order valence-electron chi connectivity index (χ0n) is 12.5. The van der Waals surface area contributed by atoms with Crippen LogP contribution in [-0.2, 0) is 0 Å². The molecule has 1 saturated heterocycles. The number of nitrogens with zero attached hydrogens (tertiary/aromatic N) is 1. The summed E-state index contributed by atoms with van der Waals surface area (Å²) in [5.41, 5.74) is 0. The summed E-state index contributed by atoms with van der Waals surface area (Å²) in [6, 6.07) is 1.61. The van der Waals surface area contributed by atoms with Gasteiger partial charge in [0.15, 0.2) is 0 Å². The predicted molar refractivity (Wildman–Crippen MR) is 78.9 cm³/mol. The normalized spacial score (nSPS) is 34.0. The second-order valence-electron chi connectivity index (χ2n) is 6.34. The summed E-state index contributed by atoms with van der Waals surface area (Å²) in [6.45, 7) is 8.53. The first-order chi connectivity index (χ1) is 8.85. The molecule has 0 amide bonds. The van der Waals surface area contributed by atoms with Crippen LogP contribution in [0.25, 0.3) is 0 Å². The van der Waals surface area contributed by atoms with Crippen LogP contribution in [0, 0.1) is 5.92 Å². The van der Waals surface area contributed by atoms with Crippen molar-refractivity contribution in [3.8, 4) is 0 Å². The van der Waals surface area contributed by atoms with Crippen molar-refractivity contribution in [2.75, 3.05) is 19.6 Å². The topological polar surface area (TPSA) is 15.3 Å². The summed E-state index contributed by atoms with van der Waals surface area (Å²) < 4.78 is 0. The molecule has 1 aliphatic heterocycles. The summed E-state index contributed by atoms with van der Waals surface area (Å²) in [5.74, 6) is 1.00. The van der Waals surface area contributed by atoms with Crippen LogP contribution in [0.5, 0.6) is 0 Å². The summed E-state index contributed by atoms with van der Waals surface area (Å²) in [7, 11) is 0. The van der Waals surface area contributed by atoms with Gasteiger partial charge in [-0.25, -0.2) is 0 Å². The van der Waals surface area contributed by atoms with Gasteiger partial charge in [-0.05, 0) is 64.1 Å². The molecule has 18 heavy (non-hydrogen) atoms. The van der Waals surface area contributed by atoms with Gasteiger partial charge in [0.2, 0.25) is 0 Å². The Kier molecular flexibility index (Phi) is 5.97. The van der Waals surface area contributed by atoms with E-state index in [1.54, 1.807) is 0 Å². The Balaban J connectivity index is 1.91. The molecule has 2 fully saturated rings. The van der Waals surface area contributed by atoms with Crippen LogP contribution in [0.15, 0.2) is 0 Å². The molecule has 0 aromatic heterocycles. The van der Waals surface area contributed by atoms with E-state index in [-0.39, 0.29) is 0 Å². The highest BCUT2D eigenvalue weighted by atomic mass is 15.2. The summed E-state index contributed by atoms with van der Waals surface area (Å²) in [4.78, 5) is 2.79. The third-order valence-electron chi connectivity index (χ3n) is 4.89. The number of hydrogen-bond donors (Lipinski definition) is 1. The second-order valence-corrected chi connectivity index (χ2v) is 6.34. The lowest BCUT2D eigenvalue weighted by Gasteiger charge is -2.41. The predicted octanol–water partition coefficient (Wildman–Crippen LogP) is 3.42.